The Morgan fingerprint density at radius 1 is 0.556 bits per heavy atom. The molecule has 3 nitrogen and oxygen atoms in total. The summed E-state index contributed by atoms with van der Waals surface area (Å²) in [4.78, 5) is 0. The Balaban J connectivity index is 0.000000587. The van der Waals surface area contributed by atoms with Crippen molar-refractivity contribution in [2.75, 3.05) is 24.6 Å². The average Bonchev–Trinajstić information content (AvgIpc) is 3.39. The fourth-order valence-electron chi connectivity index (χ4n) is 5.53. The summed E-state index contributed by atoms with van der Waals surface area (Å²) in [7, 11) is -0.975. The van der Waals surface area contributed by atoms with E-state index in [-0.39, 0.29) is 0 Å². The van der Waals surface area contributed by atoms with Crippen molar-refractivity contribution >= 4 is 18.3 Å². The summed E-state index contributed by atoms with van der Waals surface area (Å²) in [6.07, 6.45) is 33.1. The maximum atomic E-state index is 3.81. The summed E-state index contributed by atoms with van der Waals surface area (Å²) in [6, 6.07) is 7.74. The fourth-order valence-corrected chi connectivity index (χ4v) is 10.3. The Morgan fingerprint density at radius 3 is 1.39 bits per heavy atom. The second-order valence-electron chi connectivity index (χ2n) is 11.2. The van der Waals surface area contributed by atoms with Gasteiger partial charge in [0.2, 0.25) is 0 Å². The van der Waals surface area contributed by atoms with Crippen molar-refractivity contribution in [2.45, 2.75) is 143 Å². The molecule has 0 atom stereocenters. The van der Waals surface area contributed by atoms with Crippen LogP contribution in [-0.2, 0) is 0 Å². The van der Waals surface area contributed by atoms with E-state index in [4.69, 9.17) is 0 Å². The summed E-state index contributed by atoms with van der Waals surface area (Å²) in [5.41, 5.74) is 1.90. The summed E-state index contributed by atoms with van der Waals surface area (Å²) < 4.78 is 0. The predicted molar refractivity (Wildman–Crippen MR) is 167 cm³/mol. The van der Waals surface area contributed by atoms with E-state index in [9.17, 15) is 0 Å². The van der Waals surface area contributed by atoms with E-state index in [1.165, 1.54) is 96.3 Å². The third-order valence-electron chi connectivity index (χ3n) is 8.16. The molecular formula is C32H62N3P. The number of hydrogen-bond donors (Lipinski definition) is 1. The Labute approximate surface area is 225 Å². The van der Waals surface area contributed by atoms with E-state index in [0.29, 0.717) is 0 Å². The van der Waals surface area contributed by atoms with Gasteiger partial charge in [-0.05, 0) is 12.1 Å². The van der Waals surface area contributed by atoms with Gasteiger partial charge in [-0.3, -0.25) is 5.10 Å². The van der Waals surface area contributed by atoms with Crippen LogP contribution in [0.5, 0.6) is 0 Å². The molecule has 1 aromatic carbocycles. The zero-order chi connectivity index (χ0) is 26.2. The number of para-hydroxylation sites is 1. The molecule has 36 heavy (non-hydrogen) atoms. The van der Waals surface area contributed by atoms with Crippen LogP contribution in [0.2, 0.25) is 0 Å². The van der Waals surface area contributed by atoms with Gasteiger partial charge in [0.1, 0.15) is 5.52 Å². The van der Waals surface area contributed by atoms with Crippen molar-refractivity contribution < 1.29 is 0 Å². The maximum absolute atomic E-state index is 3.81. The molecule has 0 aliphatic carbocycles. The minimum absolute atomic E-state index is 0.914. The molecule has 2 aromatic rings. The summed E-state index contributed by atoms with van der Waals surface area (Å²) in [5, 5.41) is 10.2. The summed E-state index contributed by atoms with van der Waals surface area (Å²) in [5.74, 6) is 0. The Hall–Kier alpha value is -0.950. The SMILES string of the molecule is CCCCCCCC[PH](CC)(CCCCCCCC)CCCCCCCC.c1ccc2[nH]nnc2c1. The molecule has 0 aliphatic rings. The molecule has 0 radical (unpaired) electrons. The quantitative estimate of drug-likeness (QED) is 0.124. The van der Waals surface area contributed by atoms with Crippen LogP contribution in [-0.4, -0.2) is 40.1 Å². The topological polar surface area (TPSA) is 41.6 Å². The van der Waals surface area contributed by atoms with E-state index in [1.54, 1.807) is 43.9 Å². The molecule has 0 unspecified atom stereocenters. The second-order valence-corrected chi connectivity index (χ2v) is 16.4. The standard InChI is InChI=1S/C26H57P.C6H5N3/c1-5-9-12-15-18-21-24-27(8-4,25-22-19-16-13-10-6-2)26-23-20-17-14-11-7-3;1-2-4-6-5(3-1)7-9-8-6/h27H,5-26H2,1-4H3;1-4H,(H,7,8,9). The van der Waals surface area contributed by atoms with Crippen molar-refractivity contribution in [2.24, 2.45) is 0 Å². The smallest absolute Gasteiger partial charge is 0.112 e. The molecule has 1 aromatic heterocycles. The van der Waals surface area contributed by atoms with E-state index >= 15 is 0 Å². The van der Waals surface area contributed by atoms with Gasteiger partial charge in [-0.1, -0.05) is 17.3 Å². The van der Waals surface area contributed by atoms with E-state index in [0.717, 1.165) is 11.0 Å². The van der Waals surface area contributed by atoms with E-state index < -0.39 is 7.26 Å². The monoisotopic (exact) mass is 519 g/mol. The molecule has 0 saturated heterocycles. The zero-order valence-electron chi connectivity index (χ0n) is 24.8. The fraction of sp³-hybridized carbons (Fsp3) is 0.812. The third kappa shape index (κ3) is 16.0. The Bertz CT molecular complexity index is 643. The van der Waals surface area contributed by atoms with Gasteiger partial charge in [0, 0.05) is 0 Å². The summed E-state index contributed by atoms with van der Waals surface area (Å²) >= 11 is 0. The van der Waals surface area contributed by atoms with Crippen LogP contribution < -0.4 is 0 Å². The molecular weight excluding hydrogens is 457 g/mol. The zero-order valence-corrected chi connectivity index (χ0v) is 25.8. The number of hydrogen-bond acceptors (Lipinski definition) is 2. The van der Waals surface area contributed by atoms with Gasteiger partial charge in [-0.2, -0.15) is 0 Å². The molecule has 0 bridgehead atoms. The van der Waals surface area contributed by atoms with Crippen molar-refractivity contribution in [1.29, 1.82) is 0 Å². The molecule has 2 rings (SSSR count). The number of nitrogens with one attached hydrogen (secondary N) is 1. The normalized spacial score (nSPS) is 12.0. The van der Waals surface area contributed by atoms with Crippen LogP contribution in [0.3, 0.4) is 0 Å². The first-order chi connectivity index (χ1) is 17.7. The van der Waals surface area contributed by atoms with Gasteiger partial charge in [0.15, 0.2) is 0 Å². The first kappa shape index (κ1) is 33.1. The minimum atomic E-state index is -0.975. The number of unbranched alkanes of at least 4 members (excludes halogenated alkanes) is 15. The van der Waals surface area contributed by atoms with Crippen molar-refractivity contribution in [3.05, 3.63) is 24.3 Å². The molecule has 0 saturated carbocycles. The molecule has 0 spiro atoms. The minimum Gasteiger partial charge on any atom is -0.258 e. The van der Waals surface area contributed by atoms with Crippen LogP contribution in [0.15, 0.2) is 24.3 Å². The van der Waals surface area contributed by atoms with Crippen molar-refractivity contribution in [3.8, 4) is 0 Å². The first-order valence-corrected chi connectivity index (χ1v) is 18.8. The molecule has 0 amide bonds. The number of H-pyrrole nitrogens is 1. The molecule has 1 heterocycles. The van der Waals surface area contributed by atoms with Crippen molar-refractivity contribution in [1.82, 2.24) is 15.4 Å². The van der Waals surface area contributed by atoms with Gasteiger partial charge < -0.3 is 0 Å². The summed E-state index contributed by atoms with van der Waals surface area (Å²) in [6.45, 7) is 9.54. The van der Waals surface area contributed by atoms with Gasteiger partial charge >= 0.3 is 175 Å². The van der Waals surface area contributed by atoms with Crippen molar-refractivity contribution in [3.63, 3.8) is 0 Å². The maximum Gasteiger partial charge on any atom is 0.112 e. The van der Waals surface area contributed by atoms with Gasteiger partial charge in [0.25, 0.3) is 0 Å². The second kappa shape index (κ2) is 23.2. The molecule has 1 N–H and O–H groups in total. The van der Waals surface area contributed by atoms with Gasteiger partial charge in [-0.25, -0.2) is 0 Å². The Kier molecular flexibility index (Phi) is 21.3. The number of aromatic amines is 1. The molecule has 4 heteroatoms. The number of nitrogens with zero attached hydrogens (tertiary/aromatic N) is 2. The van der Waals surface area contributed by atoms with Gasteiger partial charge in [-0.15, -0.1) is 5.10 Å². The first-order valence-electron chi connectivity index (χ1n) is 16.0. The van der Waals surface area contributed by atoms with E-state index in [2.05, 4.69) is 43.1 Å². The number of benzene rings is 1. The molecule has 0 fully saturated rings. The third-order valence-corrected chi connectivity index (χ3v) is 13.9. The average molecular weight is 520 g/mol. The number of aromatic nitrogens is 3. The van der Waals surface area contributed by atoms with Gasteiger partial charge in [0.05, 0.1) is 5.52 Å². The Morgan fingerprint density at radius 2 is 0.972 bits per heavy atom. The molecule has 0 aliphatic heterocycles. The van der Waals surface area contributed by atoms with Crippen LogP contribution in [0.1, 0.15) is 143 Å². The number of fused-ring (bicyclic) bond motifs is 1. The largest absolute Gasteiger partial charge is 0.258 e. The van der Waals surface area contributed by atoms with Crippen LogP contribution in [0.25, 0.3) is 11.0 Å². The van der Waals surface area contributed by atoms with Crippen LogP contribution in [0.4, 0.5) is 0 Å². The van der Waals surface area contributed by atoms with Crippen LogP contribution >= 0.6 is 7.26 Å². The van der Waals surface area contributed by atoms with E-state index in [1.807, 2.05) is 24.3 Å². The molecule has 210 valence electrons. The predicted octanol–water partition coefficient (Wildman–Crippen LogP) is 10.8. The van der Waals surface area contributed by atoms with Crippen LogP contribution in [0, 0.1) is 0 Å². The number of rotatable bonds is 22.